The Morgan fingerprint density at radius 1 is 1.22 bits per heavy atom. The van der Waals surface area contributed by atoms with Gasteiger partial charge < -0.3 is 15.5 Å². The number of aromatic nitrogens is 3. The normalized spacial score (nSPS) is 14.0. The van der Waals surface area contributed by atoms with Gasteiger partial charge in [-0.2, -0.15) is 4.98 Å². The number of anilines is 2. The molecule has 6 heteroatoms. The van der Waals surface area contributed by atoms with Crippen LogP contribution in [-0.2, 0) is 6.54 Å². The molecule has 1 aliphatic rings. The fraction of sp³-hybridized carbons (Fsp3) is 0.471. The number of nitrogens with one attached hydrogen (secondary N) is 2. The van der Waals surface area contributed by atoms with Gasteiger partial charge in [0.15, 0.2) is 0 Å². The number of likely N-dealkylation sites (N-methyl/N-ethyl adjacent to an activating group) is 1. The van der Waals surface area contributed by atoms with Gasteiger partial charge in [-0.3, -0.25) is 4.98 Å². The standard InChI is InChI=1S/C17H24N6/c1-23(2)9-8-19-17-21-15(14-5-6-14)10-16(22-17)20-12-13-4-3-7-18-11-13/h3-4,7,10-11,14H,5-6,8-9,12H2,1-2H3,(H2,19,20,21,22). The van der Waals surface area contributed by atoms with Crippen molar-refractivity contribution in [2.24, 2.45) is 0 Å². The van der Waals surface area contributed by atoms with Gasteiger partial charge in [0.2, 0.25) is 5.95 Å². The summed E-state index contributed by atoms with van der Waals surface area (Å²) in [6.07, 6.45) is 6.12. The summed E-state index contributed by atoms with van der Waals surface area (Å²) in [5.74, 6) is 2.19. The van der Waals surface area contributed by atoms with Crippen LogP contribution in [0, 0.1) is 0 Å². The van der Waals surface area contributed by atoms with Gasteiger partial charge in [0, 0.05) is 44.0 Å². The molecule has 0 radical (unpaired) electrons. The predicted octanol–water partition coefficient (Wildman–Crippen LogP) is 2.33. The molecule has 0 unspecified atom stereocenters. The maximum absolute atomic E-state index is 4.65. The minimum Gasteiger partial charge on any atom is -0.366 e. The first-order valence-corrected chi connectivity index (χ1v) is 8.11. The Bertz CT molecular complexity index is 624. The Morgan fingerprint density at radius 3 is 2.78 bits per heavy atom. The fourth-order valence-corrected chi connectivity index (χ4v) is 2.31. The van der Waals surface area contributed by atoms with E-state index in [2.05, 4.69) is 56.7 Å². The van der Waals surface area contributed by atoms with E-state index in [0.29, 0.717) is 18.4 Å². The minimum atomic E-state index is 0.603. The van der Waals surface area contributed by atoms with Crippen molar-refractivity contribution in [2.75, 3.05) is 37.8 Å². The lowest BCUT2D eigenvalue weighted by molar-refractivity contribution is 0.425. The molecule has 6 nitrogen and oxygen atoms in total. The van der Waals surface area contributed by atoms with E-state index in [1.807, 2.05) is 12.3 Å². The van der Waals surface area contributed by atoms with Gasteiger partial charge in [0.1, 0.15) is 5.82 Å². The van der Waals surface area contributed by atoms with Crippen LogP contribution in [0.1, 0.15) is 30.0 Å². The van der Waals surface area contributed by atoms with Crippen LogP contribution in [0.15, 0.2) is 30.6 Å². The van der Waals surface area contributed by atoms with E-state index in [9.17, 15) is 0 Å². The van der Waals surface area contributed by atoms with Crippen LogP contribution in [0.25, 0.3) is 0 Å². The van der Waals surface area contributed by atoms with E-state index >= 15 is 0 Å². The maximum atomic E-state index is 4.65. The summed E-state index contributed by atoms with van der Waals surface area (Å²) in [7, 11) is 4.12. The monoisotopic (exact) mass is 312 g/mol. The predicted molar refractivity (Wildman–Crippen MR) is 92.6 cm³/mol. The Labute approximate surface area is 137 Å². The first-order chi connectivity index (χ1) is 11.2. The average molecular weight is 312 g/mol. The van der Waals surface area contributed by atoms with Gasteiger partial charge >= 0.3 is 0 Å². The summed E-state index contributed by atoms with van der Waals surface area (Å²) in [5.41, 5.74) is 2.28. The second kappa shape index (κ2) is 7.37. The molecule has 0 saturated heterocycles. The highest BCUT2D eigenvalue weighted by atomic mass is 15.2. The number of pyridine rings is 1. The quantitative estimate of drug-likeness (QED) is 0.780. The molecule has 2 heterocycles. The first kappa shape index (κ1) is 15.7. The van der Waals surface area contributed by atoms with Gasteiger partial charge in [0.25, 0.3) is 0 Å². The second-order valence-electron chi connectivity index (χ2n) is 6.22. The van der Waals surface area contributed by atoms with E-state index in [1.165, 1.54) is 12.8 Å². The zero-order chi connectivity index (χ0) is 16.1. The zero-order valence-electron chi connectivity index (χ0n) is 13.8. The van der Waals surface area contributed by atoms with Crippen LogP contribution in [0.3, 0.4) is 0 Å². The molecule has 1 fully saturated rings. The van der Waals surface area contributed by atoms with Gasteiger partial charge in [-0.15, -0.1) is 0 Å². The van der Waals surface area contributed by atoms with Crippen molar-refractivity contribution in [3.05, 3.63) is 41.9 Å². The van der Waals surface area contributed by atoms with Crippen molar-refractivity contribution in [2.45, 2.75) is 25.3 Å². The Hall–Kier alpha value is -2.21. The van der Waals surface area contributed by atoms with E-state index in [1.54, 1.807) is 6.20 Å². The third kappa shape index (κ3) is 4.89. The van der Waals surface area contributed by atoms with Crippen LogP contribution >= 0.6 is 0 Å². The van der Waals surface area contributed by atoms with Crippen molar-refractivity contribution in [1.29, 1.82) is 0 Å². The number of hydrogen-bond donors (Lipinski definition) is 2. The largest absolute Gasteiger partial charge is 0.366 e. The molecule has 2 aromatic heterocycles. The minimum absolute atomic E-state index is 0.603. The van der Waals surface area contributed by atoms with Crippen molar-refractivity contribution >= 4 is 11.8 Å². The highest BCUT2D eigenvalue weighted by Crippen LogP contribution is 2.39. The fourth-order valence-electron chi connectivity index (χ4n) is 2.31. The van der Waals surface area contributed by atoms with Gasteiger partial charge in [-0.25, -0.2) is 4.98 Å². The molecular formula is C17H24N6. The molecule has 23 heavy (non-hydrogen) atoms. The van der Waals surface area contributed by atoms with Gasteiger partial charge in [-0.05, 0) is 38.6 Å². The highest BCUT2D eigenvalue weighted by Gasteiger charge is 2.26. The van der Waals surface area contributed by atoms with E-state index in [-0.39, 0.29) is 0 Å². The molecule has 0 aromatic carbocycles. The average Bonchev–Trinajstić information content (AvgIpc) is 3.38. The van der Waals surface area contributed by atoms with Crippen LogP contribution in [-0.4, -0.2) is 47.0 Å². The van der Waals surface area contributed by atoms with Crippen LogP contribution in [0.4, 0.5) is 11.8 Å². The topological polar surface area (TPSA) is 66.0 Å². The van der Waals surface area contributed by atoms with E-state index < -0.39 is 0 Å². The first-order valence-electron chi connectivity index (χ1n) is 8.11. The third-order valence-corrected chi connectivity index (χ3v) is 3.78. The molecule has 0 bridgehead atoms. The van der Waals surface area contributed by atoms with Gasteiger partial charge in [0.05, 0.1) is 5.69 Å². The molecule has 0 amide bonds. The summed E-state index contributed by atoms with van der Waals surface area (Å²) in [5, 5.41) is 6.70. The van der Waals surface area contributed by atoms with Crippen molar-refractivity contribution in [1.82, 2.24) is 19.9 Å². The Kier molecular flexibility index (Phi) is 5.02. The third-order valence-electron chi connectivity index (χ3n) is 3.78. The molecule has 122 valence electrons. The number of hydrogen-bond acceptors (Lipinski definition) is 6. The zero-order valence-corrected chi connectivity index (χ0v) is 13.8. The highest BCUT2D eigenvalue weighted by molar-refractivity contribution is 5.44. The molecule has 2 N–H and O–H groups in total. The van der Waals surface area contributed by atoms with E-state index in [4.69, 9.17) is 0 Å². The van der Waals surface area contributed by atoms with Crippen LogP contribution in [0.5, 0.6) is 0 Å². The second-order valence-corrected chi connectivity index (χ2v) is 6.22. The smallest absolute Gasteiger partial charge is 0.224 e. The summed E-state index contributed by atoms with van der Waals surface area (Å²) < 4.78 is 0. The van der Waals surface area contributed by atoms with Crippen LogP contribution < -0.4 is 10.6 Å². The summed E-state index contributed by atoms with van der Waals surface area (Å²) >= 11 is 0. The number of nitrogens with zero attached hydrogens (tertiary/aromatic N) is 4. The molecule has 0 spiro atoms. The Balaban J connectivity index is 1.66. The van der Waals surface area contributed by atoms with Crippen molar-refractivity contribution < 1.29 is 0 Å². The number of rotatable bonds is 8. The molecule has 3 rings (SSSR count). The lowest BCUT2D eigenvalue weighted by Gasteiger charge is -2.13. The van der Waals surface area contributed by atoms with Crippen LogP contribution in [0.2, 0.25) is 0 Å². The molecule has 2 aromatic rings. The summed E-state index contributed by atoms with van der Waals surface area (Å²) in [6.45, 7) is 2.50. The summed E-state index contributed by atoms with van der Waals surface area (Å²) in [4.78, 5) is 15.5. The van der Waals surface area contributed by atoms with Crippen molar-refractivity contribution in [3.8, 4) is 0 Å². The van der Waals surface area contributed by atoms with E-state index in [0.717, 1.165) is 30.2 Å². The lowest BCUT2D eigenvalue weighted by Crippen LogP contribution is -2.21. The molecule has 1 saturated carbocycles. The molecule has 0 aliphatic heterocycles. The SMILES string of the molecule is CN(C)CCNc1nc(NCc2cccnc2)cc(C2CC2)n1. The molecular weight excluding hydrogens is 288 g/mol. The lowest BCUT2D eigenvalue weighted by atomic mass is 10.2. The Morgan fingerprint density at radius 2 is 2.09 bits per heavy atom. The molecule has 1 aliphatic carbocycles. The van der Waals surface area contributed by atoms with Crippen molar-refractivity contribution in [3.63, 3.8) is 0 Å². The van der Waals surface area contributed by atoms with Gasteiger partial charge in [-0.1, -0.05) is 6.07 Å². The molecule has 0 atom stereocenters. The summed E-state index contributed by atoms with van der Waals surface area (Å²) in [6, 6.07) is 6.07. The maximum Gasteiger partial charge on any atom is 0.224 e.